The first kappa shape index (κ1) is 16.5. The third-order valence-corrected chi connectivity index (χ3v) is 3.49. The summed E-state index contributed by atoms with van der Waals surface area (Å²) in [5.74, 6) is 1.39. The number of aliphatic imine (C=N–C) groups is 2. The van der Waals surface area contributed by atoms with E-state index in [-0.39, 0.29) is 12.4 Å². The van der Waals surface area contributed by atoms with Crippen LogP contribution in [0.4, 0.5) is 5.69 Å². The molecule has 0 fully saturated rings. The second-order valence-corrected chi connectivity index (χ2v) is 4.64. The number of likely N-dealkylation sites (N-methyl/N-ethyl adjacent to an activating group) is 1. The van der Waals surface area contributed by atoms with Crippen LogP contribution in [-0.2, 0) is 12.8 Å². The second kappa shape index (κ2) is 7.29. The molecule has 2 N–H and O–H groups in total. The molecular weight excluding hydrogens is 272 g/mol. The maximum atomic E-state index is 5.87. The van der Waals surface area contributed by atoms with Gasteiger partial charge in [0.2, 0.25) is 0 Å². The summed E-state index contributed by atoms with van der Waals surface area (Å²) in [5.41, 5.74) is 9.50. The van der Waals surface area contributed by atoms with Gasteiger partial charge < -0.3 is 10.6 Å². The number of benzene rings is 1. The predicted molar refractivity (Wildman–Crippen MR) is 88.4 cm³/mol. The number of para-hydroxylation sites is 1. The molecule has 0 aromatic heterocycles. The van der Waals surface area contributed by atoms with Crippen LogP contribution < -0.4 is 5.73 Å². The summed E-state index contributed by atoms with van der Waals surface area (Å²) < 4.78 is 0. The van der Waals surface area contributed by atoms with E-state index in [4.69, 9.17) is 10.7 Å². The van der Waals surface area contributed by atoms with Crippen LogP contribution in [0, 0.1) is 0 Å². The summed E-state index contributed by atoms with van der Waals surface area (Å²) in [6.45, 7) is 7.96. The van der Waals surface area contributed by atoms with Crippen LogP contribution >= 0.6 is 12.4 Å². The normalized spacial score (nSPS) is 16.2. The summed E-state index contributed by atoms with van der Waals surface area (Å²) >= 11 is 0. The molecule has 5 heteroatoms. The number of hydrogen-bond donors (Lipinski definition) is 1. The zero-order valence-corrected chi connectivity index (χ0v) is 13.2. The minimum Gasteiger partial charge on any atom is -0.369 e. The Labute approximate surface area is 127 Å². The van der Waals surface area contributed by atoms with Crippen LogP contribution in [0.25, 0.3) is 0 Å². The van der Waals surface area contributed by atoms with Gasteiger partial charge in [-0.25, -0.2) is 4.99 Å². The molecule has 0 saturated heterocycles. The number of aryl methyl sites for hydroxylation is 2. The second-order valence-electron chi connectivity index (χ2n) is 4.64. The Kier molecular flexibility index (Phi) is 6.02. The van der Waals surface area contributed by atoms with Crippen LogP contribution in [0.3, 0.4) is 0 Å². The van der Waals surface area contributed by atoms with Gasteiger partial charge in [-0.3, -0.25) is 0 Å². The highest BCUT2D eigenvalue weighted by atomic mass is 35.5. The molecule has 2 rings (SSSR count). The van der Waals surface area contributed by atoms with Gasteiger partial charge in [0.15, 0.2) is 11.8 Å². The Bertz CT molecular complexity index is 500. The predicted octanol–water partition coefficient (Wildman–Crippen LogP) is 2.91. The molecule has 0 unspecified atom stereocenters. The van der Waals surface area contributed by atoms with Gasteiger partial charge in [-0.05, 0) is 30.9 Å². The molecule has 110 valence electrons. The maximum Gasteiger partial charge on any atom is 0.198 e. The Morgan fingerprint density at radius 3 is 2.25 bits per heavy atom. The summed E-state index contributed by atoms with van der Waals surface area (Å²) in [7, 11) is 0. The van der Waals surface area contributed by atoms with Gasteiger partial charge in [0.25, 0.3) is 0 Å². The first-order chi connectivity index (χ1) is 9.19. The highest BCUT2D eigenvalue weighted by Crippen LogP contribution is 2.26. The average Bonchev–Trinajstić information content (AvgIpc) is 2.79. The van der Waals surface area contributed by atoms with Gasteiger partial charge in [-0.15, -0.1) is 12.4 Å². The zero-order valence-electron chi connectivity index (χ0n) is 12.4. The Morgan fingerprint density at radius 1 is 1.20 bits per heavy atom. The molecule has 1 aliphatic rings. The third-order valence-electron chi connectivity index (χ3n) is 3.49. The number of amidine groups is 1. The van der Waals surface area contributed by atoms with Gasteiger partial charge in [-0.2, -0.15) is 4.99 Å². The van der Waals surface area contributed by atoms with Crippen molar-refractivity contribution in [2.24, 2.45) is 15.7 Å². The largest absolute Gasteiger partial charge is 0.369 e. The van der Waals surface area contributed by atoms with Crippen LogP contribution in [0.5, 0.6) is 0 Å². The lowest BCUT2D eigenvalue weighted by atomic mass is 10.0. The fourth-order valence-corrected chi connectivity index (χ4v) is 2.31. The quantitative estimate of drug-likeness (QED) is 0.928. The van der Waals surface area contributed by atoms with Crippen LogP contribution in [0.1, 0.15) is 31.9 Å². The van der Waals surface area contributed by atoms with E-state index in [1.807, 2.05) is 4.90 Å². The van der Waals surface area contributed by atoms with Crippen molar-refractivity contribution in [1.29, 1.82) is 0 Å². The lowest BCUT2D eigenvalue weighted by molar-refractivity contribution is 0.510. The van der Waals surface area contributed by atoms with Crippen molar-refractivity contribution in [1.82, 2.24) is 4.90 Å². The van der Waals surface area contributed by atoms with E-state index in [9.17, 15) is 0 Å². The van der Waals surface area contributed by atoms with Crippen molar-refractivity contribution in [2.45, 2.75) is 33.6 Å². The molecule has 0 radical (unpaired) electrons. The van der Waals surface area contributed by atoms with Gasteiger partial charge in [0.1, 0.15) is 0 Å². The number of hydrogen-bond acceptors (Lipinski definition) is 3. The smallest absolute Gasteiger partial charge is 0.198 e. The molecule has 0 aliphatic carbocycles. The van der Waals surface area contributed by atoms with Crippen LogP contribution in [0.15, 0.2) is 28.2 Å². The minimum atomic E-state index is 0. The van der Waals surface area contributed by atoms with Crippen LogP contribution in [-0.4, -0.2) is 29.8 Å². The Balaban J connectivity index is 0.00000200. The van der Waals surface area contributed by atoms with Crippen molar-refractivity contribution < 1.29 is 0 Å². The molecule has 20 heavy (non-hydrogen) atoms. The third kappa shape index (κ3) is 3.31. The van der Waals surface area contributed by atoms with Crippen molar-refractivity contribution >= 4 is 29.9 Å². The van der Waals surface area contributed by atoms with E-state index in [0.717, 1.165) is 30.9 Å². The van der Waals surface area contributed by atoms with Crippen molar-refractivity contribution in [3.63, 3.8) is 0 Å². The topological polar surface area (TPSA) is 54.0 Å². The molecule has 4 nitrogen and oxygen atoms in total. The van der Waals surface area contributed by atoms with Crippen molar-refractivity contribution in [2.75, 3.05) is 13.1 Å². The molecule has 0 bridgehead atoms. The molecule has 1 heterocycles. The first-order valence-corrected chi connectivity index (χ1v) is 6.97. The number of nitrogens with zero attached hydrogens (tertiary/aromatic N) is 3. The number of halogens is 1. The summed E-state index contributed by atoms with van der Waals surface area (Å²) in [5, 5.41) is 0. The SMILES string of the molecule is CCc1cccc(CC)c1N=C1CN(CC)C(N)=N1.Cl. The molecular formula is C15H23ClN4. The molecule has 0 atom stereocenters. The number of guanidine groups is 1. The maximum absolute atomic E-state index is 5.87. The highest BCUT2D eigenvalue weighted by Gasteiger charge is 2.18. The number of nitrogens with two attached hydrogens (primary N) is 1. The molecule has 1 aromatic carbocycles. The first-order valence-electron chi connectivity index (χ1n) is 6.97. The van der Waals surface area contributed by atoms with Crippen molar-refractivity contribution in [3.05, 3.63) is 29.3 Å². The zero-order chi connectivity index (χ0) is 13.8. The van der Waals surface area contributed by atoms with Crippen LogP contribution in [0.2, 0.25) is 0 Å². The molecule has 1 aliphatic heterocycles. The molecule has 0 spiro atoms. The van der Waals surface area contributed by atoms with E-state index in [0.29, 0.717) is 12.5 Å². The monoisotopic (exact) mass is 294 g/mol. The Morgan fingerprint density at radius 2 is 1.80 bits per heavy atom. The van der Waals surface area contributed by atoms with E-state index < -0.39 is 0 Å². The number of rotatable bonds is 4. The van der Waals surface area contributed by atoms with Gasteiger partial charge in [0.05, 0.1) is 12.2 Å². The van der Waals surface area contributed by atoms with Gasteiger partial charge >= 0.3 is 0 Å². The average molecular weight is 295 g/mol. The lowest BCUT2D eigenvalue weighted by Gasteiger charge is -2.13. The molecule has 0 amide bonds. The van der Waals surface area contributed by atoms with Gasteiger partial charge in [0, 0.05) is 6.54 Å². The highest BCUT2D eigenvalue weighted by molar-refractivity contribution is 6.03. The summed E-state index contributed by atoms with van der Waals surface area (Å²) in [6.07, 6.45) is 1.97. The van der Waals surface area contributed by atoms with E-state index in [1.54, 1.807) is 0 Å². The van der Waals surface area contributed by atoms with Gasteiger partial charge in [-0.1, -0.05) is 32.0 Å². The fourth-order valence-electron chi connectivity index (χ4n) is 2.31. The van der Waals surface area contributed by atoms with E-state index in [1.165, 1.54) is 11.1 Å². The van der Waals surface area contributed by atoms with E-state index in [2.05, 4.69) is 44.0 Å². The molecule has 0 saturated carbocycles. The standard InChI is InChI=1S/C15H22N4.ClH/c1-4-11-8-7-9-12(5-2)14(11)17-13-10-19(6-3)15(16)18-13;/h7-9H,4-6,10H2,1-3H3,(H2,16,17,18);1H. The van der Waals surface area contributed by atoms with Crippen molar-refractivity contribution in [3.8, 4) is 0 Å². The minimum absolute atomic E-state index is 0. The molecule has 1 aromatic rings. The fraction of sp³-hybridized carbons (Fsp3) is 0.467. The van der Waals surface area contributed by atoms with E-state index >= 15 is 0 Å². The summed E-state index contributed by atoms with van der Waals surface area (Å²) in [4.78, 5) is 11.1. The lowest BCUT2D eigenvalue weighted by Crippen LogP contribution is -2.33. The Hall–Kier alpha value is -1.55. The summed E-state index contributed by atoms with van der Waals surface area (Å²) in [6, 6.07) is 6.38.